The predicted octanol–water partition coefficient (Wildman–Crippen LogP) is 2.77. The summed E-state index contributed by atoms with van der Waals surface area (Å²) >= 11 is 3.43. The van der Waals surface area contributed by atoms with E-state index >= 15 is 0 Å². The first-order chi connectivity index (χ1) is 11.1. The normalized spacial score (nSPS) is 15.6. The highest BCUT2D eigenvalue weighted by atomic mass is 79.9. The maximum atomic E-state index is 12.7. The Morgan fingerprint density at radius 2 is 1.96 bits per heavy atom. The SMILES string of the molecule is Cc1cc(C(=O)N(C)C2CCNCC2)nn1-c1ccc(Br)cc1. The van der Waals surface area contributed by atoms with Crippen molar-refractivity contribution in [2.45, 2.75) is 25.8 Å². The van der Waals surface area contributed by atoms with Gasteiger partial charge in [0.1, 0.15) is 0 Å². The van der Waals surface area contributed by atoms with Crippen LogP contribution in [0.3, 0.4) is 0 Å². The zero-order valence-corrected chi connectivity index (χ0v) is 15.0. The van der Waals surface area contributed by atoms with Gasteiger partial charge in [0, 0.05) is 23.3 Å². The molecule has 1 N–H and O–H groups in total. The molecule has 0 unspecified atom stereocenters. The molecule has 1 fully saturated rings. The van der Waals surface area contributed by atoms with Gasteiger partial charge in [-0.15, -0.1) is 0 Å². The fourth-order valence-corrected chi connectivity index (χ4v) is 3.23. The van der Waals surface area contributed by atoms with Gasteiger partial charge < -0.3 is 10.2 Å². The zero-order chi connectivity index (χ0) is 16.4. The fraction of sp³-hybridized carbons (Fsp3) is 0.412. The largest absolute Gasteiger partial charge is 0.337 e. The summed E-state index contributed by atoms with van der Waals surface area (Å²) in [6, 6.07) is 10.1. The van der Waals surface area contributed by atoms with E-state index in [1.807, 2.05) is 53.9 Å². The minimum Gasteiger partial charge on any atom is -0.337 e. The van der Waals surface area contributed by atoms with Crippen LogP contribution in [-0.2, 0) is 0 Å². The number of aryl methyl sites for hydroxylation is 1. The molecule has 2 heterocycles. The van der Waals surface area contributed by atoms with E-state index in [4.69, 9.17) is 0 Å². The molecule has 23 heavy (non-hydrogen) atoms. The Morgan fingerprint density at radius 1 is 1.30 bits per heavy atom. The quantitative estimate of drug-likeness (QED) is 0.895. The van der Waals surface area contributed by atoms with Crippen LogP contribution in [-0.4, -0.2) is 46.8 Å². The first kappa shape index (κ1) is 16.2. The summed E-state index contributed by atoms with van der Waals surface area (Å²) in [6.07, 6.45) is 1.99. The fourth-order valence-electron chi connectivity index (χ4n) is 2.96. The van der Waals surface area contributed by atoms with E-state index in [1.54, 1.807) is 0 Å². The lowest BCUT2D eigenvalue weighted by Gasteiger charge is -2.31. The topological polar surface area (TPSA) is 50.2 Å². The van der Waals surface area contributed by atoms with Gasteiger partial charge in [-0.05, 0) is 63.2 Å². The van der Waals surface area contributed by atoms with Crippen molar-refractivity contribution >= 4 is 21.8 Å². The van der Waals surface area contributed by atoms with E-state index in [0.717, 1.165) is 41.8 Å². The van der Waals surface area contributed by atoms with Crippen LogP contribution in [0.5, 0.6) is 0 Å². The Morgan fingerprint density at radius 3 is 2.61 bits per heavy atom. The molecule has 0 radical (unpaired) electrons. The molecular weight excluding hydrogens is 356 g/mol. The molecule has 0 spiro atoms. The smallest absolute Gasteiger partial charge is 0.274 e. The maximum Gasteiger partial charge on any atom is 0.274 e. The highest BCUT2D eigenvalue weighted by Gasteiger charge is 2.25. The van der Waals surface area contributed by atoms with Gasteiger partial charge in [0.15, 0.2) is 5.69 Å². The number of amides is 1. The number of benzene rings is 1. The lowest BCUT2D eigenvalue weighted by molar-refractivity contribution is 0.0697. The summed E-state index contributed by atoms with van der Waals surface area (Å²) < 4.78 is 2.84. The van der Waals surface area contributed by atoms with Crippen LogP contribution in [0, 0.1) is 6.92 Å². The molecule has 3 rings (SSSR count). The van der Waals surface area contributed by atoms with Crippen LogP contribution in [0.1, 0.15) is 29.0 Å². The number of rotatable bonds is 3. The Hall–Kier alpha value is -1.66. The van der Waals surface area contributed by atoms with Gasteiger partial charge in [-0.1, -0.05) is 15.9 Å². The van der Waals surface area contributed by atoms with Crippen molar-refractivity contribution < 1.29 is 4.79 Å². The highest BCUT2D eigenvalue weighted by molar-refractivity contribution is 9.10. The Bertz CT molecular complexity index is 689. The van der Waals surface area contributed by atoms with Crippen molar-refractivity contribution in [1.82, 2.24) is 20.0 Å². The number of hydrogen-bond acceptors (Lipinski definition) is 3. The zero-order valence-electron chi connectivity index (χ0n) is 13.4. The molecule has 5 nitrogen and oxygen atoms in total. The third kappa shape index (κ3) is 3.48. The van der Waals surface area contributed by atoms with Crippen LogP contribution >= 0.6 is 15.9 Å². The summed E-state index contributed by atoms with van der Waals surface area (Å²) in [6.45, 7) is 3.90. The van der Waals surface area contributed by atoms with Crippen LogP contribution < -0.4 is 5.32 Å². The number of piperidine rings is 1. The molecule has 122 valence electrons. The molecule has 1 aromatic heterocycles. The molecule has 1 amide bonds. The second-order valence-electron chi connectivity index (χ2n) is 5.96. The Kier molecular flexibility index (Phi) is 4.82. The van der Waals surface area contributed by atoms with Crippen LogP contribution in [0.2, 0.25) is 0 Å². The van der Waals surface area contributed by atoms with Crippen molar-refractivity contribution in [2.75, 3.05) is 20.1 Å². The predicted molar refractivity (Wildman–Crippen MR) is 94.0 cm³/mol. The van der Waals surface area contributed by atoms with E-state index in [-0.39, 0.29) is 5.91 Å². The minimum absolute atomic E-state index is 0.00383. The van der Waals surface area contributed by atoms with E-state index in [9.17, 15) is 4.79 Å². The lowest BCUT2D eigenvalue weighted by atomic mass is 10.1. The molecule has 6 heteroatoms. The van der Waals surface area contributed by atoms with Crippen molar-refractivity contribution in [3.8, 4) is 5.69 Å². The molecule has 1 aliphatic heterocycles. The van der Waals surface area contributed by atoms with E-state index < -0.39 is 0 Å². The number of nitrogens with zero attached hydrogens (tertiary/aromatic N) is 3. The number of hydrogen-bond donors (Lipinski definition) is 1. The van der Waals surface area contributed by atoms with Crippen molar-refractivity contribution in [3.05, 3.63) is 46.2 Å². The second-order valence-corrected chi connectivity index (χ2v) is 6.87. The molecule has 0 saturated carbocycles. The van der Waals surface area contributed by atoms with Gasteiger partial charge >= 0.3 is 0 Å². The second kappa shape index (κ2) is 6.84. The van der Waals surface area contributed by atoms with Crippen molar-refractivity contribution in [2.24, 2.45) is 0 Å². The van der Waals surface area contributed by atoms with Gasteiger partial charge in [-0.25, -0.2) is 4.68 Å². The lowest BCUT2D eigenvalue weighted by Crippen LogP contribution is -2.44. The molecule has 0 bridgehead atoms. The summed E-state index contributed by atoms with van der Waals surface area (Å²) in [4.78, 5) is 14.6. The van der Waals surface area contributed by atoms with Gasteiger partial charge in [-0.3, -0.25) is 4.79 Å². The number of halogens is 1. The van der Waals surface area contributed by atoms with E-state index in [0.29, 0.717) is 11.7 Å². The standard InChI is InChI=1S/C17H21BrN4O/c1-12-11-16(17(23)21(2)14-7-9-19-10-8-14)20-22(12)15-5-3-13(18)4-6-15/h3-6,11,14,19H,7-10H2,1-2H3. The summed E-state index contributed by atoms with van der Waals surface area (Å²) in [5.74, 6) is -0.00383. The Labute approximate surface area is 144 Å². The van der Waals surface area contributed by atoms with Gasteiger partial charge in [0.05, 0.1) is 5.69 Å². The molecule has 1 saturated heterocycles. The van der Waals surface area contributed by atoms with Crippen molar-refractivity contribution in [3.63, 3.8) is 0 Å². The van der Waals surface area contributed by atoms with Crippen LogP contribution in [0.25, 0.3) is 5.69 Å². The highest BCUT2D eigenvalue weighted by Crippen LogP contribution is 2.18. The van der Waals surface area contributed by atoms with Gasteiger partial charge in [-0.2, -0.15) is 5.10 Å². The molecule has 1 aliphatic rings. The Balaban J connectivity index is 1.82. The average molecular weight is 377 g/mol. The number of carbonyl (C=O) groups is 1. The summed E-state index contributed by atoms with van der Waals surface area (Å²) in [5.41, 5.74) is 2.41. The van der Waals surface area contributed by atoms with E-state index in [1.165, 1.54) is 0 Å². The molecule has 1 aromatic carbocycles. The number of carbonyl (C=O) groups excluding carboxylic acids is 1. The first-order valence-electron chi connectivity index (χ1n) is 7.87. The van der Waals surface area contributed by atoms with Gasteiger partial charge in [0.25, 0.3) is 5.91 Å². The maximum absolute atomic E-state index is 12.7. The third-order valence-electron chi connectivity index (χ3n) is 4.35. The summed E-state index contributed by atoms with van der Waals surface area (Å²) in [7, 11) is 1.88. The average Bonchev–Trinajstić information content (AvgIpc) is 2.97. The van der Waals surface area contributed by atoms with Crippen molar-refractivity contribution in [1.29, 1.82) is 0 Å². The van der Waals surface area contributed by atoms with Gasteiger partial charge in [0.2, 0.25) is 0 Å². The number of aromatic nitrogens is 2. The third-order valence-corrected chi connectivity index (χ3v) is 4.88. The van der Waals surface area contributed by atoms with E-state index in [2.05, 4.69) is 26.3 Å². The first-order valence-corrected chi connectivity index (χ1v) is 8.66. The molecule has 0 aliphatic carbocycles. The number of nitrogens with one attached hydrogen (secondary N) is 1. The molecule has 0 atom stereocenters. The molecular formula is C17H21BrN4O. The minimum atomic E-state index is -0.00383. The molecule has 2 aromatic rings. The summed E-state index contributed by atoms with van der Waals surface area (Å²) in [5, 5.41) is 7.85. The van der Waals surface area contributed by atoms with Crippen LogP contribution in [0.4, 0.5) is 0 Å². The van der Waals surface area contributed by atoms with Crippen LogP contribution in [0.15, 0.2) is 34.8 Å². The monoisotopic (exact) mass is 376 g/mol.